The Hall–Kier alpha value is -1.55. The second-order valence-corrected chi connectivity index (χ2v) is 5.27. The number of nitrogens with two attached hydrogens (primary N) is 1. The van der Waals surface area contributed by atoms with Gasteiger partial charge in [-0.2, -0.15) is 0 Å². The number of nitrogen functional groups attached to an aromatic ring is 1. The van der Waals surface area contributed by atoms with E-state index in [-0.39, 0.29) is 24.1 Å². The van der Waals surface area contributed by atoms with Crippen molar-refractivity contribution in [2.45, 2.75) is 51.9 Å². The van der Waals surface area contributed by atoms with E-state index in [1.165, 1.54) is 6.92 Å². The van der Waals surface area contributed by atoms with Crippen LogP contribution in [0, 0.1) is 0 Å². The molecule has 0 saturated carbocycles. The number of hydrogen-bond acceptors (Lipinski definition) is 4. The predicted octanol–water partition coefficient (Wildman–Crippen LogP) is 2.81. The van der Waals surface area contributed by atoms with Crippen LogP contribution in [-0.2, 0) is 4.74 Å². The number of rotatable bonds is 3. The number of ether oxygens (including phenoxy) is 2. The normalized spacial score (nSPS) is 27.0. The SMILES string of the molecule is CC(=O)c1ccc(OC2CC(C)OC(C)C2)cc1N. The highest BCUT2D eigenvalue weighted by molar-refractivity contribution is 5.99. The maximum Gasteiger partial charge on any atom is 0.161 e. The summed E-state index contributed by atoms with van der Waals surface area (Å²) in [7, 11) is 0. The fourth-order valence-corrected chi connectivity index (χ4v) is 2.57. The van der Waals surface area contributed by atoms with Crippen molar-refractivity contribution in [3.05, 3.63) is 23.8 Å². The molecule has 2 unspecified atom stereocenters. The Bertz CT molecular complexity index is 462. The van der Waals surface area contributed by atoms with Crippen molar-refractivity contribution in [2.24, 2.45) is 0 Å². The molecule has 1 aromatic rings. The Morgan fingerprint density at radius 3 is 2.47 bits per heavy atom. The molecule has 0 aliphatic carbocycles. The Labute approximate surface area is 113 Å². The zero-order valence-corrected chi connectivity index (χ0v) is 11.7. The monoisotopic (exact) mass is 263 g/mol. The van der Waals surface area contributed by atoms with Crippen molar-refractivity contribution >= 4 is 11.5 Å². The molecule has 0 radical (unpaired) electrons. The van der Waals surface area contributed by atoms with E-state index < -0.39 is 0 Å². The minimum absolute atomic E-state index is 0.0302. The van der Waals surface area contributed by atoms with Gasteiger partial charge in [-0.15, -0.1) is 0 Å². The van der Waals surface area contributed by atoms with Crippen molar-refractivity contribution in [1.29, 1.82) is 0 Å². The highest BCUT2D eigenvalue weighted by atomic mass is 16.5. The van der Waals surface area contributed by atoms with Gasteiger partial charge in [0.15, 0.2) is 5.78 Å². The standard InChI is InChI=1S/C15H21NO3/c1-9-6-13(7-10(2)18-9)19-12-4-5-14(11(3)17)15(16)8-12/h4-5,8-10,13H,6-7,16H2,1-3H3. The zero-order valence-electron chi connectivity index (χ0n) is 11.7. The summed E-state index contributed by atoms with van der Waals surface area (Å²) in [5.41, 5.74) is 6.87. The lowest BCUT2D eigenvalue weighted by molar-refractivity contribution is -0.0721. The number of carbonyl (C=O) groups is 1. The smallest absolute Gasteiger partial charge is 0.161 e. The fraction of sp³-hybridized carbons (Fsp3) is 0.533. The van der Waals surface area contributed by atoms with Gasteiger partial charge < -0.3 is 15.2 Å². The molecular formula is C15H21NO3. The van der Waals surface area contributed by atoms with Crippen LogP contribution in [0.4, 0.5) is 5.69 Å². The first-order chi connectivity index (χ1) is 8.95. The number of carbonyl (C=O) groups excluding carboxylic acids is 1. The van der Waals surface area contributed by atoms with Crippen LogP contribution in [0.5, 0.6) is 5.75 Å². The maximum absolute atomic E-state index is 11.3. The summed E-state index contributed by atoms with van der Waals surface area (Å²) in [6.07, 6.45) is 2.31. The lowest BCUT2D eigenvalue weighted by atomic mass is 10.0. The molecule has 1 heterocycles. The van der Waals surface area contributed by atoms with Crippen molar-refractivity contribution in [1.82, 2.24) is 0 Å². The highest BCUT2D eigenvalue weighted by Crippen LogP contribution is 2.26. The lowest BCUT2D eigenvalue weighted by Crippen LogP contribution is -2.35. The second-order valence-electron chi connectivity index (χ2n) is 5.27. The molecule has 0 spiro atoms. The first-order valence-electron chi connectivity index (χ1n) is 6.68. The largest absolute Gasteiger partial charge is 0.490 e. The average molecular weight is 263 g/mol. The van der Waals surface area contributed by atoms with Gasteiger partial charge in [0.25, 0.3) is 0 Å². The van der Waals surface area contributed by atoms with Crippen molar-refractivity contribution in [2.75, 3.05) is 5.73 Å². The van der Waals surface area contributed by atoms with Crippen molar-refractivity contribution in [3.8, 4) is 5.75 Å². The van der Waals surface area contributed by atoms with Gasteiger partial charge in [-0.1, -0.05) is 0 Å². The number of Topliss-reactive ketones (excluding diaryl/α,β-unsaturated/α-hetero) is 1. The molecule has 1 aliphatic heterocycles. The van der Waals surface area contributed by atoms with Gasteiger partial charge in [0.05, 0.1) is 12.2 Å². The predicted molar refractivity (Wildman–Crippen MR) is 74.5 cm³/mol. The van der Waals surface area contributed by atoms with Crippen LogP contribution in [0.25, 0.3) is 0 Å². The summed E-state index contributed by atoms with van der Waals surface area (Å²) in [6, 6.07) is 5.25. The van der Waals surface area contributed by atoms with Crippen LogP contribution in [-0.4, -0.2) is 24.1 Å². The fourth-order valence-electron chi connectivity index (χ4n) is 2.57. The Balaban J connectivity index is 2.07. The average Bonchev–Trinajstić information content (AvgIpc) is 2.26. The van der Waals surface area contributed by atoms with E-state index in [1.807, 2.05) is 0 Å². The number of hydrogen-bond donors (Lipinski definition) is 1. The van der Waals surface area contributed by atoms with E-state index >= 15 is 0 Å². The summed E-state index contributed by atoms with van der Waals surface area (Å²) in [5, 5.41) is 0. The molecular weight excluding hydrogens is 242 g/mol. The first-order valence-corrected chi connectivity index (χ1v) is 6.68. The quantitative estimate of drug-likeness (QED) is 0.673. The third-order valence-electron chi connectivity index (χ3n) is 3.36. The van der Waals surface area contributed by atoms with Gasteiger partial charge in [0.2, 0.25) is 0 Å². The third-order valence-corrected chi connectivity index (χ3v) is 3.36. The van der Waals surface area contributed by atoms with E-state index in [2.05, 4.69) is 13.8 Å². The van der Waals surface area contributed by atoms with Crippen molar-refractivity contribution in [3.63, 3.8) is 0 Å². The molecule has 104 valence electrons. The van der Waals surface area contributed by atoms with E-state index in [9.17, 15) is 4.79 Å². The molecule has 0 amide bonds. The highest BCUT2D eigenvalue weighted by Gasteiger charge is 2.25. The van der Waals surface area contributed by atoms with Gasteiger partial charge >= 0.3 is 0 Å². The Morgan fingerprint density at radius 1 is 1.32 bits per heavy atom. The summed E-state index contributed by atoms with van der Waals surface area (Å²) in [6.45, 7) is 5.62. The molecule has 1 fully saturated rings. The third kappa shape index (κ3) is 3.47. The molecule has 1 saturated heterocycles. The lowest BCUT2D eigenvalue weighted by Gasteiger charge is -2.32. The van der Waals surface area contributed by atoms with Crippen LogP contribution in [0.15, 0.2) is 18.2 Å². The van der Waals surface area contributed by atoms with Crippen LogP contribution >= 0.6 is 0 Å². The minimum atomic E-state index is -0.0302. The molecule has 4 heteroatoms. The number of anilines is 1. The Morgan fingerprint density at radius 2 is 1.95 bits per heavy atom. The molecule has 2 rings (SSSR count). The van der Waals surface area contributed by atoms with Gasteiger partial charge in [0.1, 0.15) is 11.9 Å². The molecule has 1 aromatic carbocycles. The van der Waals surface area contributed by atoms with Crippen LogP contribution in [0.1, 0.15) is 44.0 Å². The van der Waals surface area contributed by atoms with Gasteiger partial charge in [-0.05, 0) is 32.9 Å². The van der Waals surface area contributed by atoms with Crippen LogP contribution in [0.2, 0.25) is 0 Å². The first kappa shape index (κ1) is 13.9. The summed E-state index contributed by atoms with van der Waals surface area (Å²) < 4.78 is 11.6. The molecule has 0 aromatic heterocycles. The maximum atomic E-state index is 11.3. The second kappa shape index (κ2) is 5.61. The topological polar surface area (TPSA) is 61.5 Å². The van der Waals surface area contributed by atoms with E-state index in [0.29, 0.717) is 17.0 Å². The van der Waals surface area contributed by atoms with E-state index in [0.717, 1.165) is 12.8 Å². The molecule has 2 atom stereocenters. The molecule has 1 aliphatic rings. The summed E-state index contributed by atoms with van der Waals surface area (Å²) >= 11 is 0. The summed E-state index contributed by atoms with van der Waals surface area (Å²) in [4.78, 5) is 11.3. The minimum Gasteiger partial charge on any atom is -0.490 e. The van der Waals surface area contributed by atoms with Gasteiger partial charge in [-0.3, -0.25) is 4.79 Å². The van der Waals surface area contributed by atoms with Crippen LogP contribution < -0.4 is 10.5 Å². The number of ketones is 1. The molecule has 0 bridgehead atoms. The molecule has 2 N–H and O–H groups in total. The van der Waals surface area contributed by atoms with Gasteiger partial charge in [0, 0.05) is 30.2 Å². The van der Waals surface area contributed by atoms with Crippen LogP contribution in [0.3, 0.4) is 0 Å². The molecule has 4 nitrogen and oxygen atoms in total. The zero-order chi connectivity index (χ0) is 14.0. The molecule has 19 heavy (non-hydrogen) atoms. The van der Waals surface area contributed by atoms with Gasteiger partial charge in [-0.25, -0.2) is 0 Å². The van der Waals surface area contributed by atoms with Crippen molar-refractivity contribution < 1.29 is 14.3 Å². The Kier molecular flexibility index (Phi) is 4.10. The summed E-state index contributed by atoms with van der Waals surface area (Å²) in [5.74, 6) is 0.686. The van der Waals surface area contributed by atoms with E-state index in [4.69, 9.17) is 15.2 Å². The van der Waals surface area contributed by atoms with E-state index in [1.54, 1.807) is 18.2 Å². The number of benzene rings is 1.